The van der Waals surface area contributed by atoms with Crippen LogP contribution in [0.25, 0.3) is 0 Å². The number of benzene rings is 1. The summed E-state index contributed by atoms with van der Waals surface area (Å²) in [4.78, 5) is 0. The minimum Gasteiger partial charge on any atom is -0.504 e. The summed E-state index contributed by atoms with van der Waals surface area (Å²) in [5, 5.41) is 21.3. The average molecular weight is 333 g/mol. The maximum Gasteiger partial charge on any atom is 0.161 e. The number of fused-ring (bicyclic) bond motifs is 3. The molecule has 0 saturated heterocycles. The lowest BCUT2D eigenvalue weighted by Gasteiger charge is -2.54. The van der Waals surface area contributed by atoms with Crippen LogP contribution >= 0.6 is 0 Å². The van der Waals surface area contributed by atoms with Crippen LogP contribution in [0.2, 0.25) is 0 Å². The molecule has 3 rings (SSSR count). The highest BCUT2D eigenvalue weighted by Crippen LogP contribution is 2.60. The molecule has 2 aliphatic rings. The van der Waals surface area contributed by atoms with Gasteiger partial charge in [0.05, 0.1) is 0 Å². The smallest absolute Gasteiger partial charge is 0.161 e. The number of phenols is 2. The maximum atomic E-state index is 10.8. The summed E-state index contributed by atoms with van der Waals surface area (Å²) >= 11 is 0. The first-order valence-electron chi connectivity index (χ1n) is 9.76. The van der Waals surface area contributed by atoms with Gasteiger partial charge in [-0.2, -0.15) is 0 Å². The lowest BCUT2D eigenvalue weighted by atomic mass is 9.50. The highest BCUT2D eigenvalue weighted by Gasteiger charge is 2.51. The van der Waals surface area contributed by atoms with Crippen LogP contribution in [0.15, 0.2) is 6.07 Å². The Bertz CT molecular complexity index is 600. The molecule has 0 heterocycles. The van der Waals surface area contributed by atoms with Crippen molar-refractivity contribution in [2.75, 3.05) is 0 Å². The van der Waals surface area contributed by atoms with Gasteiger partial charge in [-0.05, 0) is 53.9 Å². The lowest BCUT2D eigenvalue weighted by Crippen LogP contribution is -2.47. The van der Waals surface area contributed by atoms with Crippen molar-refractivity contribution in [3.05, 3.63) is 22.8 Å². The minimum absolute atomic E-state index is 0.00753. The van der Waals surface area contributed by atoms with Crippen LogP contribution < -0.4 is 0 Å². The van der Waals surface area contributed by atoms with Crippen molar-refractivity contribution in [1.29, 1.82) is 0 Å². The van der Waals surface area contributed by atoms with Crippen molar-refractivity contribution in [1.82, 2.24) is 0 Å². The molecule has 2 aliphatic carbocycles. The first-order chi connectivity index (χ1) is 11.2. The summed E-state index contributed by atoms with van der Waals surface area (Å²) < 4.78 is 0. The summed E-state index contributed by atoms with van der Waals surface area (Å²) in [6.45, 7) is 15.2. The molecule has 2 nitrogen and oxygen atoms in total. The van der Waals surface area contributed by atoms with Crippen LogP contribution in [0.5, 0.6) is 11.5 Å². The molecule has 0 aliphatic heterocycles. The van der Waals surface area contributed by atoms with Crippen molar-refractivity contribution < 1.29 is 10.2 Å². The van der Waals surface area contributed by atoms with E-state index in [9.17, 15) is 10.2 Å². The van der Waals surface area contributed by atoms with Gasteiger partial charge < -0.3 is 10.2 Å². The van der Waals surface area contributed by atoms with E-state index in [1.807, 2.05) is 13.8 Å². The van der Waals surface area contributed by atoms with E-state index in [4.69, 9.17) is 0 Å². The molecule has 2 atom stereocenters. The Morgan fingerprint density at radius 2 is 1.67 bits per heavy atom. The predicted octanol–water partition coefficient (Wildman–Crippen LogP) is 6.28. The third-order valence-electron chi connectivity index (χ3n) is 6.51. The highest BCUT2D eigenvalue weighted by molar-refractivity contribution is 5.59. The van der Waals surface area contributed by atoms with Crippen LogP contribution in [-0.2, 0) is 11.8 Å². The zero-order valence-electron chi connectivity index (χ0n) is 16.7. The molecule has 2 heteroatoms. The number of phenolic OH excluding ortho intramolecular Hbond substituents is 2. The molecule has 2 N–H and O–H groups in total. The number of hydrogen-bond donors (Lipinski definition) is 2. The largest absolute Gasteiger partial charge is 0.504 e. The summed E-state index contributed by atoms with van der Waals surface area (Å²) in [7, 11) is 0. The van der Waals surface area contributed by atoms with Gasteiger partial charge in [0, 0.05) is 11.1 Å². The fourth-order valence-corrected chi connectivity index (χ4v) is 5.44. The van der Waals surface area contributed by atoms with Gasteiger partial charge in [-0.15, -0.1) is 0 Å². The molecule has 24 heavy (non-hydrogen) atoms. The van der Waals surface area contributed by atoms with E-state index in [0.717, 1.165) is 24.0 Å². The van der Waals surface area contributed by atoms with Gasteiger partial charge >= 0.3 is 0 Å². The second-order valence-electron chi connectivity index (χ2n) is 8.70. The standard InChI is InChI=1S/C20H30O2.C2H6/c1-12(2)14-11-13-7-8-15-19(3,4)9-6-10-20(15,5)16(13)18(22)17(14)21;1-2/h11-12,15,21-22H,6-10H2,1-5H3;1-2H3/t15?,20-;/m0./s1. The summed E-state index contributed by atoms with van der Waals surface area (Å²) in [5.41, 5.74) is 3.48. The van der Waals surface area contributed by atoms with Gasteiger partial charge in [-0.3, -0.25) is 0 Å². The van der Waals surface area contributed by atoms with Crippen LogP contribution in [0, 0.1) is 11.3 Å². The van der Waals surface area contributed by atoms with E-state index in [-0.39, 0.29) is 22.8 Å². The van der Waals surface area contributed by atoms with E-state index in [2.05, 4.69) is 40.7 Å². The SMILES string of the molecule is CC.CC(C)c1cc2c(c(O)c1O)[C@@]1(C)CCCC(C)(C)C1CC2. The fraction of sp³-hybridized carbons (Fsp3) is 0.727. The third kappa shape index (κ3) is 2.82. The van der Waals surface area contributed by atoms with Gasteiger partial charge in [-0.1, -0.05) is 61.0 Å². The molecule has 0 spiro atoms. The highest BCUT2D eigenvalue weighted by atomic mass is 16.3. The summed E-state index contributed by atoms with van der Waals surface area (Å²) in [6.07, 6.45) is 5.79. The Morgan fingerprint density at radius 1 is 1.04 bits per heavy atom. The second-order valence-corrected chi connectivity index (χ2v) is 8.70. The van der Waals surface area contributed by atoms with Gasteiger partial charge in [0.25, 0.3) is 0 Å². The van der Waals surface area contributed by atoms with Gasteiger partial charge in [0.15, 0.2) is 11.5 Å². The molecule has 0 amide bonds. The maximum absolute atomic E-state index is 10.8. The van der Waals surface area contributed by atoms with E-state index >= 15 is 0 Å². The van der Waals surface area contributed by atoms with E-state index < -0.39 is 0 Å². The molecule has 1 unspecified atom stereocenters. The van der Waals surface area contributed by atoms with E-state index in [1.54, 1.807) is 0 Å². The van der Waals surface area contributed by atoms with Crippen LogP contribution in [-0.4, -0.2) is 10.2 Å². The van der Waals surface area contributed by atoms with Crippen molar-refractivity contribution >= 4 is 0 Å². The Hall–Kier alpha value is -1.18. The first kappa shape index (κ1) is 19.1. The number of rotatable bonds is 1. The van der Waals surface area contributed by atoms with Crippen molar-refractivity contribution in [3.63, 3.8) is 0 Å². The zero-order chi connectivity index (χ0) is 18.3. The Labute approximate surface area is 148 Å². The van der Waals surface area contributed by atoms with Crippen LogP contribution in [0.1, 0.15) is 96.8 Å². The molecule has 1 aromatic carbocycles. The summed E-state index contributed by atoms with van der Waals surface area (Å²) in [6, 6.07) is 2.15. The predicted molar refractivity (Wildman–Crippen MR) is 102 cm³/mol. The van der Waals surface area contributed by atoms with Gasteiger partial charge in [-0.25, -0.2) is 0 Å². The second kappa shape index (κ2) is 6.61. The minimum atomic E-state index is -0.00753. The molecule has 1 fully saturated rings. The molecular formula is C22H36O2. The Balaban J connectivity index is 0.00000100. The number of aryl methyl sites for hydroxylation is 1. The van der Waals surface area contributed by atoms with Crippen molar-refractivity contribution in [2.24, 2.45) is 11.3 Å². The zero-order valence-corrected chi connectivity index (χ0v) is 16.7. The third-order valence-corrected chi connectivity index (χ3v) is 6.51. The van der Waals surface area contributed by atoms with Crippen molar-refractivity contribution in [2.45, 2.75) is 91.9 Å². The van der Waals surface area contributed by atoms with E-state index in [1.165, 1.54) is 24.8 Å². The van der Waals surface area contributed by atoms with E-state index in [0.29, 0.717) is 11.3 Å². The topological polar surface area (TPSA) is 40.5 Å². The van der Waals surface area contributed by atoms with Gasteiger partial charge in [0.2, 0.25) is 0 Å². The monoisotopic (exact) mass is 332 g/mol. The van der Waals surface area contributed by atoms with Crippen LogP contribution in [0.3, 0.4) is 0 Å². The van der Waals surface area contributed by atoms with Crippen molar-refractivity contribution in [3.8, 4) is 11.5 Å². The first-order valence-corrected chi connectivity index (χ1v) is 9.76. The van der Waals surface area contributed by atoms with Crippen LogP contribution in [0.4, 0.5) is 0 Å². The molecular weight excluding hydrogens is 296 g/mol. The normalized spacial score (nSPS) is 27.8. The number of aromatic hydroxyl groups is 2. The fourth-order valence-electron chi connectivity index (χ4n) is 5.44. The molecule has 1 saturated carbocycles. The quantitative estimate of drug-likeness (QED) is 0.594. The molecule has 1 aromatic rings. The average Bonchev–Trinajstić information content (AvgIpc) is 2.51. The Kier molecular flexibility index (Phi) is 5.28. The Morgan fingerprint density at radius 3 is 2.25 bits per heavy atom. The number of hydrogen-bond acceptors (Lipinski definition) is 2. The molecule has 0 bridgehead atoms. The molecule has 0 radical (unpaired) electrons. The summed E-state index contributed by atoms with van der Waals surface area (Å²) in [5.74, 6) is 1.08. The lowest BCUT2D eigenvalue weighted by molar-refractivity contribution is 0.0389. The molecule has 0 aromatic heterocycles. The van der Waals surface area contributed by atoms with Gasteiger partial charge in [0.1, 0.15) is 0 Å². The molecule has 136 valence electrons.